The lowest BCUT2D eigenvalue weighted by Crippen LogP contribution is -2.09. The summed E-state index contributed by atoms with van der Waals surface area (Å²) in [6, 6.07) is 15.4. The van der Waals surface area contributed by atoms with Crippen molar-refractivity contribution in [3.8, 4) is 11.1 Å². The second kappa shape index (κ2) is 6.59. The molecule has 2 aromatic carbocycles. The van der Waals surface area contributed by atoms with Crippen LogP contribution in [0.4, 0.5) is 0 Å². The van der Waals surface area contributed by atoms with Crippen LogP contribution in [0.25, 0.3) is 11.1 Å². The molecule has 0 aliphatic heterocycles. The van der Waals surface area contributed by atoms with E-state index in [9.17, 15) is 14.7 Å². The molecule has 0 aliphatic rings. The van der Waals surface area contributed by atoms with E-state index in [-0.39, 0.29) is 5.12 Å². The molecule has 21 heavy (non-hydrogen) atoms. The lowest BCUT2D eigenvalue weighted by molar-refractivity contribution is -0.136. The van der Waals surface area contributed by atoms with Gasteiger partial charge >= 0.3 is 5.97 Å². The van der Waals surface area contributed by atoms with Crippen LogP contribution in [-0.4, -0.2) is 16.2 Å². The van der Waals surface area contributed by atoms with Crippen LogP contribution < -0.4 is 0 Å². The van der Waals surface area contributed by atoms with Gasteiger partial charge in [-0.2, -0.15) is 0 Å². The number of thioether (sulfide) groups is 1. The summed E-state index contributed by atoms with van der Waals surface area (Å²) in [5, 5.41) is 8.18. The Bertz CT molecular complexity index is 662. The van der Waals surface area contributed by atoms with Crippen LogP contribution in [0, 0.1) is 6.92 Å². The van der Waals surface area contributed by atoms with Gasteiger partial charge in [-0.15, -0.1) is 0 Å². The third kappa shape index (κ3) is 3.73. The summed E-state index contributed by atoms with van der Waals surface area (Å²) in [4.78, 5) is 22.4. The van der Waals surface area contributed by atoms with Gasteiger partial charge in [0.2, 0.25) is 0 Å². The Morgan fingerprint density at radius 3 is 2.19 bits per heavy atom. The summed E-state index contributed by atoms with van der Waals surface area (Å²) in [7, 11) is 0. The van der Waals surface area contributed by atoms with Crippen molar-refractivity contribution >= 4 is 22.8 Å². The molecule has 0 aliphatic carbocycles. The zero-order valence-corrected chi connectivity index (χ0v) is 12.7. The highest BCUT2D eigenvalue weighted by Gasteiger charge is 2.22. The van der Waals surface area contributed by atoms with E-state index >= 15 is 0 Å². The first kappa shape index (κ1) is 15.3. The number of carboxylic acid groups (broad SMARTS) is 1. The van der Waals surface area contributed by atoms with Crippen LogP contribution in [-0.2, 0) is 9.59 Å². The molecule has 0 radical (unpaired) electrons. The van der Waals surface area contributed by atoms with Crippen molar-refractivity contribution in [3.05, 3.63) is 59.7 Å². The van der Waals surface area contributed by atoms with Gasteiger partial charge in [0.15, 0.2) is 5.12 Å². The number of carbonyl (C=O) groups is 2. The van der Waals surface area contributed by atoms with E-state index in [2.05, 4.69) is 0 Å². The van der Waals surface area contributed by atoms with Crippen molar-refractivity contribution in [2.45, 2.75) is 19.1 Å². The van der Waals surface area contributed by atoms with Gasteiger partial charge in [0, 0.05) is 6.92 Å². The fourth-order valence-electron chi connectivity index (χ4n) is 2.16. The Morgan fingerprint density at radius 1 is 1.05 bits per heavy atom. The molecule has 2 aromatic rings. The minimum absolute atomic E-state index is 0.203. The summed E-state index contributed by atoms with van der Waals surface area (Å²) >= 11 is 0.827. The number of benzene rings is 2. The zero-order chi connectivity index (χ0) is 15.4. The highest BCUT2D eigenvalue weighted by molar-refractivity contribution is 8.14. The summed E-state index contributed by atoms with van der Waals surface area (Å²) < 4.78 is 0. The fourth-order valence-corrected chi connectivity index (χ4v) is 2.89. The average molecular weight is 300 g/mol. The van der Waals surface area contributed by atoms with E-state index in [4.69, 9.17) is 0 Å². The maximum absolute atomic E-state index is 11.3. The second-order valence-electron chi connectivity index (χ2n) is 4.76. The molecule has 2 rings (SSSR count). The van der Waals surface area contributed by atoms with Crippen LogP contribution in [0.15, 0.2) is 48.5 Å². The van der Waals surface area contributed by atoms with E-state index in [1.807, 2.05) is 43.3 Å². The molecular weight excluding hydrogens is 284 g/mol. The molecule has 108 valence electrons. The molecule has 1 unspecified atom stereocenters. The van der Waals surface area contributed by atoms with Crippen molar-refractivity contribution < 1.29 is 14.7 Å². The third-order valence-corrected chi connectivity index (χ3v) is 4.22. The highest BCUT2D eigenvalue weighted by atomic mass is 32.2. The van der Waals surface area contributed by atoms with Crippen molar-refractivity contribution in [1.29, 1.82) is 0 Å². The van der Waals surface area contributed by atoms with E-state index in [0.29, 0.717) is 5.56 Å². The summed E-state index contributed by atoms with van der Waals surface area (Å²) in [6.45, 7) is 3.41. The van der Waals surface area contributed by atoms with E-state index in [1.165, 1.54) is 6.92 Å². The number of hydrogen-bond donors (Lipinski definition) is 1. The van der Waals surface area contributed by atoms with Crippen molar-refractivity contribution in [3.63, 3.8) is 0 Å². The Labute approximate surface area is 128 Å². The molecule has 0 spiro atoms. The fraction of sp³-hybridized carbons (Fsp3) is 0.176. The first-order chi connectivity index (χ1) is 9.99. The number of aliphatic carboxylic acids is 1. The molecule has 4 heteroatoms. The van der Waals surface area contributed by atoms with Crippen molar-refractivity contribution in [1.82, 2.24) is 0 Å². The quantitative estimate of drug-likeness (QED) is 0.925. The molecule has 3 nitrogen and oxygen atoms in total. The number of aryl methyl sites for hydroxylation is 1. The number of hydrogen-bond acceptors (Lipinski definition) is 3. The highest BCUT2D eigenvalue weighted by Crippen LogP contribution is 2.31. The zero-order valence-electron chi connectivity index (χ0n) is 11.9. The Kier molecular flexibility index (Phi) is 4.81. The number of carbonyl (C=O) groups excluding carboxylic acids is 1. The van der Waals surface area contributed by atoms with E-state index in [0.717, 1.165) is 28.5 Å². The average Bonchev–Trinajstić information content (AvgIpc) is 2.45. The van der Waals surface area contributed by atoms with Crippen LogP contribution >= 0.6 is 11.8 Å². The lowest BCUT2D eigenvalue weighted by Gasteiger charge is -2.12. The summed E-state index contributed by atoms with van der Waals surface area (Å²) in [5.74, 6) is -1.00. The number of carboxylic acids is 1. The molecular formula is C17H16O3S. The lowest BCUT2D eigenvalue weighted by atomic mass is 9.99. The Balaban J connectivity index is 2.32. The van der Waals surface area contributed by atoms with Gasteiger partial charge in [0.25, 0.3) is 0 Å². The summed E-state index contributed by atoms with van der Waals surface area (Å²) in [5.41, 5.74) is 3.95. The van der Waals surface area contributed by atoms with E-state index in [1.54, 1.807) is 12.1 Å². The molecule has 0 bridgehead atoms. The first-order valence-electron chi connectivity index (χ1n) is 6.55. The maximum atomic E-state index is 11.3. The minimum Gasteiger partial charge on any atom is -0.480 e. The predicted octanol–water partition coefficient (Wildman–Crippen LogP) is 4.07. The van der Waals surface area contributed by atoms with Gasteiger partial charge in [-0.1, -0.05) is 60.3 Å². The van der Waals surface area contributed by atoms with Crippen LogP contribution in [0.1, 0.15) is 23.3 Å². The molecule has 1 N–H and O–H groups in total. The number of rotatable bonds is 4. The molecule has 0 aromatic heterocycles. The van der Waals surface area contributed by atoms with Crippen molar-refractivity contribution in [2.24, 2.45) is 0 Å². The van der Waals surface area contributed by atoms with Gasteiger partial charge in [-0.05, 0) is 29.2 Å². The molecule has 0 fully saturated rings. The predicted molar refractivity (Wildman–Crippen MR) is 85.3 cm³/mol. The van der Waals surface area contributed by atoms with Gasteiger partial charge in [0.1, 0.15) is 5.25 Å². The van der Waals surface area contributed by atoms with E-state index < -0.39 is 11.2 Å². The Hall–Kier alpha value is -2.07. The molecule has 0 amide bonds. The summed E-state index contributed by atoms with van der Waals surface area (Å²) in [6.07, 6.45) is 0. The van der Waals surface area contributed by atoms with Crippen molar-refractivity contribution in [2.75, 3.05) is 0 Å². The normalized spacial score (nSPS) is 11.9. The van der Waals surface area contributed by atoms with Gasteiger partial charge in [-0.25, -0.2) is 0 Å². The van der Waals surface area contributed by atoms with Gasteiger partial charge < -0.3 is 5.11 Å². The minimum atomic E-state index is -1.00. The van der Waals surface area contributed by atoms with Crippen LogP contribution in [0.2, 0.25) is 0 Å². The van der Waals surface area contributed by atoms with Gasteiger partial charge in [0.05, 0.1) is 0 Å². The monoisotopic (exact) mass is 300 g/mol. The first-order valence-corrected chi connectivity index (χ1v) is 7.43. The Morgan fingerprint density at radius 2 is 1.67 bits per heavy atom. The molecule has 0 saturated heterocycles. The van der Waals surface area contributed by atoms with Gasteiger partial charge in [-0.3, -0.25) is 9.59 Å². The molecule has 1 atom stereocenters. The largest absolute Gasteiger partial charge is 0.480 e. The third-order valence-electron chi connectivity index (χ3n) is 3.18. The smallest absolute Gasteiger partial charge is 0.321 e. The van der Waals surface area contributed by atoms with Crippen LogP contribution in [0.5, 0.6) is 0 Å². The second-order valence-corrected chi connectivity index (χ2v) is 6.05. The molecule has 0 saturated carbocycles. The maximum Gasteiger partial charge on any atom is 0.321 e. The standard InChI is InChI=1S/C17H16O3S/c1-11-5-3-4-6-15(11)13-7-9-14(10-8-13)16(17(19)20)21-12(2)18/h3-10,16H,1-2H3,(H,19,20). The topological polar surface area (TPSA) is 54.4 Å². The SMILES string of the molecule is CC(=O)SC(C(=O)O)c1ccc(-c2ccccc2C)cc1. The molecule has 0 heterocycles. The van der Waals surface area contributed by atoms with Crippen LogP contribution in [0.3, 0.4) is 0 Å².